The molecule has 1 unspecified atom stereocenters. The van der Waals surface area contributed by atoms with Gasteiger partial charge in [0.15, 0.2) is 5.76 Å². The lowest BCUT2D eigenvalue weighted by Gasteiger charge is -2.10. The summed E-state index contributed by atoms with van der Waals surface area (Å²) in [5, 5.41) is 7.49. The topological polar surface area (TPSA) is 95.7 Å². The molecule has 0 saturated heterocycles. The van der Waals surface area contributed by atoms with Gasteiger partial charge in [-0.15, -0.1) is 0 Å². The lowest BCUT2D eigenvalue weighted by Crippen LogP contribution is -2.25. The molecule has 0 aliphatic heterocycles. The van der Waals surface area contributed by atoms with Crippen LogP contribution in [0.4, 0.5) is 4.79 Å². The summed E-state index contributed by atoms with van der Waals surface area (Å²) in [5.74, 6) is 2.08. The van der Waals surface area contributed by atoms with Crippen molar-refractivity contribution >= 4 is 29.0 Å². The molecule has 0 aliphatic rings. The SMILES string of the molecule is COC(=O)NC(C)c1cc(-c2cnc(Oc3ccc(OCC(C)C)cc3Cl)s2)no1. The lowest BCUT2D eigenvalue weighted by molar-refractivity contribution is 0.165. The van der Waals surface area contributed by atoms with Crippen LogP contribution >= 0.6 is 22.9 Å². The molecule has 0 aliphatic carbocycles. The van der Waals surface area contributed by atoms with Crippen LogP contribution in [0, 0.1) is 5.92 Å². The van der Waals surface area contributed by atoms with Gasteiger partial charge in [-0.25, -0.2) is 9.78 Å². The van der Waals surface area contributed by atoms with E-state index in [0.717, 1.165) is 4.88 Å². The summed E-state index contributed by atoms with van der Waals surface area (Å²) in [5.41, 5.74) is 0.583. The molecule has 3 aromatic rings. The summed E-state index contributed by atoms with van der Waals surface area (Å²) in [6, 6.07) is 6.60. The van der Waals surface area contributed by atoms with Crippen molar-refractivity contribution in [1.29, 1.82) is 0 Å². The van der Waals surface area contributed by atoms with Gasteiger partial charge in [0.1, 0.15) is 17.2 Å². The van der Waals surface area contributed by atoms with Gasteiger partial charge in [0.25, 0.3) is 5.19 Å². The Hall–Kier alpha value is -2.78. The van der Waals surface area contributed by atoms with Crippen LogP contribution in [0.5, 0.6) is 16.7 Å². The van der Waals surface area contributed by atoms with Crippen LogP contribution in [0.3, 0.4) is 0 Å². The van der Waals surface area contributed by atoms with Crippen LogP contribution in [0.15, 0.2) is 35.0 Å². The van der Waals surface area contributed by atoms with E-state index in [1.165, 1.54) is 18.4 Å². The van der Waals surface area contributed by atoms with Crippen molar-refractivity contribution in [1.82, 2.24) is 15.5 Å². The maximum Gasteiger partial charge on any atom is 0.407 e. The molecule has 2 aromatic heterocycles. The zero-order valence-corrected chi connectivity index (χ0v) is 18.5. The van der Waals surface area contributed by atoms with Gasteiger partial charge in [-0.1, -0.05) is 41.9 Å². The van der Waals surface area contributed by atoms with Crippen molar-refractivity contribution in [3.8, 4) is 27.3 Å². The predicted octanol–water partition coefficient (Wildman–Crippen LogP) is 5.70. The Balaban J connectivity index is 1.66. The third kappa shape index (κ3) is 5.64. The van der Waals surface area contributed by atoms with Gasteiger partial charge in [0.2, 0.25) is 0 Å². The maximum absolute atomic E-state index is 11.3. The lowest BCUT2D eigenvalue weighted by atomic mass is 10.2. The second kappa shape index (κ2) is 9.82. The molecule has 0 bridgehead atoms. The predicted molar refractivity (Wildman–Crippen MR) is 113 cm³/mol. The number of halogens is 1. The molecule has 1 atom stereocenters. The number of methoxy groups -OCH3 is 1. The fourth-order valence-electron chi connectivity index (χ4n) is 2.35. The van der Waals surface area contributed by atoms with Crippen molar-refractivity contribution in [2.24, 2.45) is 5.92 Å². The van der Waals surface area contributed by atoms with Crippen LogP contribution < -0.4 is 14.8 Å². The number of hydrogen-bond acceptors (Lipinski definition) is 8. The molecule has 1 aromatic carbocycles. The van der Waals surface area contributed by atoms with Crippen molar-refractivity contribution < 1.29 is 23.5 Å². The van der Waals surface area contributed by atoms with Crippen molar-refractivity contribution in [3.63, 3.8) is 0 Å². The highest BCUT2D eigenvalue weighted by Gasteiger charge is 2.18. The summed E-state index contributed by atoms with van der Waals surface area (Å²) in [6.07, 6.45) is 1.08. The number of carbonyl (C=O) groups excluding carboxylic acids is 1. The van der Waals surface area contributed by atoms with E-state index >= 15 is 0 Å². The van der Waals surface area contributed by atoms with E-state index in [-0.39, 0.29) is 0 Å². The summed E-state index contributed by atoms with van der Waals surface area (Å²) in [4.78, 5) is 16.3. The number of ether oxygens (including phenoxy) is 3. The van der Waals surface area contributed by atoms with Gasteiger partial charge in [0.05, 0.1) is 35.9 Å². The normalized spacial score (nSPS) is 11.9. The third-order valence-electron chi connectivity index (χ3n) is 3.90. The first-order chi connectivity index (χ1) is 14.4. The average Bonchev–Trinajstić information content (AvgIpc) is 3.37. The monoisotopic (exact) mass is 451 g/mol. The maximum atomic E-state index is 11.3. The van der Waals surface area contributed by atoms with Crippen LogP contribution in [0.25, 0.3) is 10.6 Å². The number of alkyl carbamates (subject to hydrolysis) is 1. The molecule has 3 rings (SSSR count). The Bertz CT molecular complexity index is 1000. The molecule has 160 valence electrons. The van der Waals surface area contributed by atoms with E-state index < -0.39 is 12.1 Å². The number of hydrogen-bond donors (Lipinski definition) is 1. The zero-order chi connectivity index (χ0) is 21.7. The quantitative estimate of drug-likeness (QED) is 0.469. The molecular formula is C20H22ClN3O5S. The van der Waals surface area contributed by atoms with E-state index in [2.05, 4.69) is 34.0 Å². The highest BCUT2D eigenvalue weighted by Crippen LogP contribution is 2.37. The zero-order valence-electron chi connectivity index (χ0n) is 17.0. The van der Waals surface area contributed by atoms with E-state index in [4.69, 9.17) is 25.6 Å². The number of thiazole rings is 1. The Morgan fingerprint density at radius 3 is 2.80 bits per heavy atom. The van der Waals surface area contributed by atoms with Gasteiger partial charge in [-0.05, 0) is 25.0 Å². The number of carbonyl (C=O) groups is 1. The number of benzene rings is 1. The minimum Gasteiger partial charge on any atom is -0.493 e. The number of amides is 1. The van der Waals surface area contributed by atoms with Crippen LogP contribution in [-0.2, 0) is 4.74 Å². The van der Waals surface area contributed by atoms with E-state index in [1.54, 1.807) is 37.4 Å². The number of nitrogens with one attached hydrogen (secondary N) is 1. The fourth-order valence-corrected chi connectivity index (χ4v) is 3.29. The van der Waals surface area contributed by atoms with Gasteiger partial charge < -0.3 is 24.1 Å². The van der Waals surface area contributed by atoms with Crippen LogP contribution in [0.1, 0.15) is 32.6 Å². The number of nitrogens with zero attached hydrogens (tertiary/aromatic N) is 2. The smallest absolute Gasteiger partial charge is 0.407 e. The Labute approximate surface area is 183 Å². The number of rotatable bonds is 8. The summed E-state index contributed by atoms with van der Waals surface area (Å²) >= 11 is 7.60. The first-order valence-corrected chi connectivity index (χ1v) is 10.4. The van der Waals surface area contributed by atoms with Gasteiger partial charge in [0, 0.05) is 12.1 Å². The molecule has 0 spiro atoms. The standard InChI is InChI=1S/C20H22ClN3O5S/c1-11(2)10-27-13-5-6-16(14(21)7-13)28-20-22-9-18(30-20)15-8-17(29-24-15)12(3)23-19(25)26-4/h5-9,11-12H,10H2,1-4H3,(H,23,25). The second-order valence-electron chi connectivity index (χ2n) is 6.86. The van der Waals surface area contributed by atoms with E-state index in [1.807, 2.05) is 0 Å². The van der Waals surface area contributed by atoms with Crippen molar-refractivity contribution in [2.75, 3.05) is 13.7 Å². The Morgan fingerprint density at radius 2 is 2.10 bits per heavy atom. The first-order valence-electron chi connectivity index (χ1n) is 9.23. The van der Waals surface area contributed by atoms with Crippen LogP contribution in [0.2, 0.25) is 5.02 Å². The first kappa shape index (κ1) is 21.9. The minimum absolute atomic E-state index is 0.391. The third-order valence-corrected chi connectivity index (χ3v) is 5.09. The molecule has 10 heteroatoms. The molecule has 8 nitrogen and oxygen atoms in total. The molecule has 1 amide bonds. The highest BCUT2D eigenvalue weighted by molar-refractivity contribution is 7.16. The molecular weight excluding hydrogens is 430 g/mol. The van der Waals surface area contributed by atoms with Gasteiger partial charge in [-0.2, -0.15) is 0 Å². The molecule has 30 heavy (non-hydrogen) atoms. The van der Waals surface area contributed by atoms with Gasteiger partial charge in [-0.3, -0.25) is 0 Å². The largest absolute Gasteiger partial charge is 0.493 e. The summed E-state index contributed by atoms with van der Waals surface area (Å²) < 4.78 is 21.4. The van der Waals surface area contributed by atoms with Crippen molar-refractivity contribution in [3.05, 3.63) is 41.2 Å². The van der Waals surface area contributed by atoms with E-state index in [0.29, 0.717) is 45.7 Å². The summed E-state index contributed by atoms with van der Waals surface area (Å²) in [6.45, 7) is 6.53. The minimum atomic E-state index is -0.550. The Morgan fingerprint density at radius 1 is 1.30 bits per heavy atom. The fraction of sp³-hybridized carbons (Fsp3) is 0.350. The molecule has 0 saturated carbocycles. The van der Waals surface area contributed by atoms with Crippen LogP contribution in [-0.4, -0.2) is 30.0 Å². The molecule has 0 radical (unpaired) electrons. The Kier molecular flexibility index (Phi) is 7.17. The average molecular weight is 452 g/mol. The molecule has 2 heterocycles. The van der Waals surface area contributed by atoms with Crippen molar-refractivity contribution in [2.45, 2.75) is 26.8 Å². The second-order valence-corrected chi connectivity index (χ2v) is 8.26. The molecule has 1 N–H and O–H groups in total. The molecule has 0 fully saturated rings. The van der Waals surface area contributed by atoms with E-state index in [9.17, 15) is 4.79 Å². The number of aromatic nitrogens is 2. The highest BCUT2D eigenvalue weighted by atomic mass is 35.5. The summed E-state index contributed by atoms with van der Waals surface area (Å²) in [7, 11) is 1.30. The van der Waals surface area contributed by atoms with Gasteiger partial charge >= 0.3 is 6.09 Å².